The van der Waals surface area contributed by atoms with E-state index >= 15 is 0 Å². The van der Waals surface area contributed by atoms with Crippen molar-refractivity contribution in [2.45, 2.75) is 6.18 Å². The summed E-state index contributed by atoms with van der Waals surface area (Å²) in [4.78, 5) is 0. The summed E-state index contributed by atoms with van der Waals surface area (Å²) in [5.74, 6) is 0.468. The Morgan fingerprint density at radius 3 is 2.47 bits per heavy atom. The number of nitrogens with two attached hydrogens (primary N) is 1. The third kappa shape index (κ3) is 3.51. The Bertz CT molecular complexity index is 371. The molecule has 0 aliphatic heterocycles. The van der Waals surface area contributed by atoms with Crippen LogP contribution in [0.5, 0.6) is 0 Å². The van der Waals surface area contributed by atoms with Crippen LogP contribution in [0.15, 0.2) is 24.3 Å². The highest BCUT2D eigenvalue weighted by atomic mass is 32.1. The molecule has 15 heavy (non-hydrogen) atoms. The highest BCUT2D eigenvalue weighted by Crippen LogP contribution is 2.31. The molecule has 5 heteroatoms. The van der Waals surface area contributed by atoms with Crippen LogP contribution < -0.4 is 5.73 Å². The van der Waals surface area contributed by atoms with Crippen molar-refractivity contribution in [1.82, 2.24) is 0 Å². The van der Waals surface area contributed by atoms with Gasteiger partial charge in [-0.05, 0) is 23.8 Å². The van der Waals surface area contributed by atoms with Crippen LogP contribution in [0, 0.1) is 0 Å². The molecule has 1 aromatic rings. The number of benzene rings is 1. The maximum absolute atomic E-state index is 12.4. The lowest BCUT2D eigenvalue weighted by atomic mass is 10.1. The van der Waals surface area contributed by atoms with Crippen LogP contribution in [0.25, 0.3) is 6.08 Å². The molecule has 0 radical (unpaired) electrons. The quantitative estimate of drug-likeness (QED) is 0.595. The van der Waals surface area contributed by atoms with E-state index in [1.54, 1.807) is 12.2 Å². The predicted octanol–water partition coefficient (Wildman–Crippen LogP) is 3.23. The summed E-state index contributed by atoms with van der Waals surface area (Å²) in [6.45, 7) is 0. The number of rotatable bonds is 2. The number of halogens is 3. The van der Waals surface area contributed by atoms with E-state index in [2.05, 4.69) is 12.6 Å². The van der Waals surface area contributed by atoms with Crippen molar-refractivity contribution >= 4 is 24.4 Å². The molecule has 2 N–H and O–H groups in total. The van der Waals surface area contributed by atoms with Crippen LogP contribution in [0.3, 0.4) is 0 Å². The largest absolute Gasteiger partial charge is 0.416 e. The lowest BCUT2D eigenvalue weighted by Gasteiger charge is -2.08. The van der Waals surface area contributed by atoms with E-state index in [0.717, 1.165) is 12.1 Å². The lowest BCUT2D eigenvalue weighted by molar-refractivity contribution is -0.137. The molecule has 0 aromatic heterocycles. The number of hydrogen-bond donors (Lipinski definition) is 2. The molecule has 0 atom stereocenters. The van der Waals surface area contributed by atoms with Crippen LogP contribution in [-0.4, -0.2) is 5.75 Å². The zero-order chi connectivity index (χ0) is 11.5. The zero-order valence-electron chi connectivity index (χ0n) is 7.75. The molecule has 1 rings (SSSR count). The van der Waals surface area contributed by atoms with Gasteiger partial charge in [-0.15, -0.1) is 0 Å². The predicted molar refractivity (Wildman–Crippen MR) is 58.7 cm³/mol. The third-order valence-electron chi connectivity index (χ3n) is 1.72. The number of nitrogen functional groups attached to an aromatic ring is 1. The average molecular weight is 233 g/mol. The van der Waals surface area contributed by atoms with Crippen molar-refractivity contribution in [3.63, 3.8) is 0 Å². The van der Waals surface area contributed by atoms with Crippen molar-refractivity contribution < 1.29 is 13.2 Å². The smallest absolute Gasteiger partial charge is 0.399 e. The van der Waals surface area contributed by atoms with E-state index in [-0.39, 0.29) is 5.69 Å². The summed E-state index contributed by atoms with van der Waals surface area (Å²) in [6, 6.07) is 3.45. The molecule has 0 amide bonds. The Balaban J connectivity index is 3.11. The summed E-state index contributed by atoms with van der Waals surface area (Å²) >= 11 is 3.92. The molecule has 0 saturated carbocycles. The Labute approximate surface area is 91.2 Å². The van der Waals surface area contributed by atoms with Gasteiger partial charge < -0.3 is 5.73 Å². The van der Waals surface area contributed by atoms with Gasteiger partial charge in [0.15, 0.2) is 0 Å². The minimum Gasteiger partial charge on any atom is -0.399 e. The standard InChI is InChI=1S/C10H10F3NS/c11-10(12,13)8-4-7(2-1-3-15)5-9(14)6-8/h1-2,4-6,15H,3,14H2. The fraction of sp³-hybridized carbons (Fsp3) is 0.200. The van der Waals surface area contributed by atoms with Gasteiger partial charge in [-0.2, -0.15) is 25.8 Å². The van der Waals surface area contributed by atoms with Gasteiger partial charge in [-0.1, -0.05) is 12.2 Å². The van der Waals surface area contributed by atoms with Crippen LogP contribution in [0.1, 0.15) is 11.1 Å². The molecule has 82 valence electrons. The fourth-order valence-electron chi connectivity index (χ4n) is 1.13. The van der Waals surface area contributed by atoms with Gasteiger partial charge >= 0.3 is 6.18 Å². The summed E-state index contributed by atoms with van der Waals surface area (Å²) in [5, 5.41) is 0. The Hall–Kier alpha value is -1.10. The van der Waals surface area contributed by atoms with E-state index in [9.17, 15) is 13.2 Å². The average Bonchev–Trinajstić information content (AvgIpc) is 2.12. The van der Waals surface area contributed by atoms with Crippen LogP contribution in [0.4, 0.5) is 18.9 Å². The van der Waals surface area contributed by atoms with E-state index in [1.165, 1.54) is 6.07 Å². The third-order valence-corrected chi connectivity index (χ3v) is 1.93. The van der Waals surface area contributed by atoms with Gasteiger partial charge in [0, 0.05) is 11.4 Å². The molecule has 0 unspecified atom stereocenters. The Morgan fingerprint density at radius 1 is 1.27 bits per heavy atom. The molecule has 0 aliphatic carbocycles. The molecule has 0 saturated heterocycles. The van der Waals surface area contributed by atoms with E-state index in [1.807, 2.05) is 0 Å². The monoisotopic (exact) mass is 233 g/mol. The van der Waals surface area contributed by atoms with Gasteiger partial charge in [-0.25, -0.2) is 0 Å². The molecule has 1 nitrogen and oxygen atoms in total. The second-order valence-electron chi connectivity index (χ2n) is 2.97. The van der Waals surface area contributed by atoms with E-state index < -0.39 is 11.7 Å². The first-order chi connectivity index (χ1) is 6.93. The minimum absolute atomic E-state index is 0.101. The van der Waals surface area contributed by atoms with Gasteiger partial charge in [0.1, 0.15) is 0 Å². The lowest BCUT2D eigenvalue weighted by Crippen LogP contribution is -2.06. The number of anilines is 1. The first-order valence-corrected chi connectivity index (χ1v) is 4.82. The molecule has 1 aromatic carbocycles. The summed E-state index contributed by atoms with van der Waals surface area (Å²) < 4.78 is 37.1. The number of hydrogen-bond acceptors (Lipinski definition) is 2. The molecular weight excluding hydrogens is 223 g/mol. The van der Waals surface area contributed by atoms with Crippen molar-refractivity contribution in [3.05, 3.63) is 35.4 Å². The highest BCUT2D eigenvalue weighted by Gasteiger charge is 2.30. The first kappa shape index (κ1) is 12.0. The van der Waals surface area contributed by atoms with Crippen LogP contribution in [-0.2, 0) is 6.18 Å². The molecular formula is C10H10F3NS. The molecule has 0 heterocycles. The maximum atomic E-state index is 12.4. The summed E-state index contributed by atoms with van der Waals surface area (Å²) in [6.07, 6.45) is -1.16. The van der Waals surface area contributed by atoms with Crippen molar-refractivity contribution in [2.24, 2.45) is 0 Å². The second kappa shape index (κ2) is 4.61. The fourth-order valence-corrected chi connectivity index (χ4v) is 1.23. The van der Waals surface area contributed by atoms with Crippen molar-refractivity contribution in [1.29, 1.82) is 0 Å². The second-order valence-corrected chi connectivity index (χ2v) is 3.34. The number of thiol groups is 1. The van der Waals surface area contributed by atoms with Crippen LogP contribution in [0.2, 0.25) is 0 Å². The first-order valence-electron chi connectivity index (χ1n) is 4.18. The zero-order valence-corrected chi connectivity index (χ0v) is 8.65. The van der Waals surface area contributed by atoms with E-state index in [0.29, 0.717) is 11.3 Å². The van der Waals surface area contributed by atoms with Crippen LogP contribution >= 0.6 is 12.6 Å². The molecule has 0 bridgehead atoms. The SMILES string of the molecule is Nc1cc(C=CCS)cc(C(F)(F)F)c1. The van der Waals surface area contributed by atoms with Gasteiger partial charge in [0.2, 0.25) is 0 Å². The Kier molecular flexibility index (Phi) is 3.68. The van der Waals surface area contributed by atoms with Gasteiger partial charge in [-0.3, -0.25) is 0 Å². The van der Waals surface area contributed by atoms with E-state index in [4.69, 9.17) is 5.73 Å². The molecule has 0 fully saturated rings. The summed E-state index contributed by atoms with van der Waals surface area (Å²) in [7, 11) is 0. The topological polar surface area (TPSA) is 26.0 Å². The minimum atomic E-state index is -4.36. The van der Waals surface area contributed by atoms with Crippen molar-refractivity contribution in [3.8, 4) is 0 Å². The maximum Gasteiger partial charge on any atom is 0.416 e. The number of alkyl halides is 3. The molecule has 0 aliphatic rings. The summed E-state index contributed by atoms with van der Waals surface area (Å²) in [5.41, 5.74) is 5.17. The Morgan fingerprint density at radius 2 is 1.93 bits per heavy atom. The molecule has 0 spiro atoms. The van der Waals surface area contributed by atoms with Gasteiger partial charge in [0.25, 0.3) is 0 Å². The van der Waals surface area contributed by atoms with Gasteiger partial charge in [0.05, 0.1) is 5.56 Å². The van der Waals surface area contributed by atoms with Crippen molar-refractivity contribution in [2.75, 3.05) is 11.5 Å². The highest BCUT2D eigenvalue weighted by molar-refractivity contribution is 7.80. The normalized spacial score (nSPS) is 12.3.